The van der Waals surface area contributed by atoms with Gasteiger partial charge in [-0.05, 0) is 41.1 Å². The number of nitrogens with one attached hydrogen (secondary N) is 1. The van der Waals surface area contributed by atoms with Crippen LogP contribution in [0.25, 0.3) is 21.5 Å². The van der Waals surface area contributed by atoms with Crippen LogP contribution in [-0.2, 0) is 0 Å². The van der Waals surface area contributed by atoms with Gasteiger partial charge in [-0.2, -0.15) is 0 Å². The van der Waals surface area contributed by atoms with Crippen molar-refractivity contribution in [1.29, 1.82) is 0 Å². The molecule has 0 aromatic heterocycles. The molecule has 0 saturated carbocycles. The molecule has 4 aromatic carbocycles. The van der Waals surface area contributed by atoms with Gasteiger partial charge in [0.1, 0.15) is 0 Å². The summed E-state index contributed by atoms with van der Waals surface area (Å²) in [4.78, 5) is 0. The smallest absolute Gasteiger partial charge is 0.0653 e. The monoisotopic (exact) mass is 314 g/mol. The molecule has 0 spiro atoms. The maximum Gasteiger partial charge on any atom is 0.0653 e. The minimum Gasteiger partial charge on any atom is -0.398 e. The van der Waals surface area contributed by atoms with Crippen LogP contribution in [0.15, 0.2) is 66.7 Å². The number of benzene rings is 4. The minimum atomic E-state index is 0.645. The molecule has 7 N–H and O–H groups in total. The van der Waals surface area contributed by atoms with E-state index in [0.29, 0.717) is 11.4 Å². The molecule has 0 fully saturated rings. The van der Waals surface area contributed by atoms with Crippen LogP contribution in [0.5, 0.6) is 0 Å². The quantitative estimate of drug-likeness (QED) is 0.410. The Bertz CT molecular complexity index is 1070. The third-order valence-corrected chi connectivity index (χ3v) is 4.31. The molecule has 118 valence electrons. The molecule has 0 aliphatic carbocycles. The van der Waals surface area contributed by atoms with Gasteiger partial charge in [0.2, 0.25) is 0 Å². The lowest BCUT2D eigenvalue weighted by Gasteiger charge is -2.14. The van der Waals surface area contributed by atoms with E-state index in [4.69, 9.17) is 17.2 Å². The first-order chi connectivity index (χ1) is 11.6. The zero-order valence-corrected chi connectivity index (χ0v) is 13.1. The van der Waals surface area contributed by atoms with E-state index in [1.54, 1.807) is 0 Å². The molecule has 4 nitrogen and oxygen atoms in total. The molecular weight excluding hydrogens is 296 g/mol. The topological polar surface area (TPSA) is 90.1 Å². The molecule has 4 aromatic rings. The number of hydrogen-bond donors (Lipinski definition) is 4. The summed E-state index contributed by atoms with van der Waals surface area (Å²) in [5.41, 5.74) is 22.3. The first kappa shape index (κ1) is 14.2. The lowest BCUT2D eigenvalue weighted by Crippen LogP contribution is -1.99. The number of nitrogen functional groups attached to an aromatic ring is 3. The molecule has 0 atom stereocenters. The minimum absolute atomic E-state index is 0.645. The summed E-state index contributed by atoms with van der Waals surface area (Å²) in [7, 11) is 0. The number of fused-ring (bicyclic) bond motifs is 2. The van der Waals surface area contributed by atoms with Crippen LogP contribution in [0.3, 0.4) is 0 Å². The number of rotatable bonds is 2. The molecule has 0 bridgehead atoms. The van der Waals surface area contributed by atoms with Gasteiger partial charge in [0, 0.05) is 27.8 Å². The van der Waals surface area contributed by atoms with Crippen molar-refractivity contribution in [2.75, 3.05) is 22.5 Å². The van der Waals surface area contributed by atoms with Gasteiger partial charge in [-0.15, -0.1) is 0 Å². The summed E-state index contributed by atoms with van der Waals surface area (Å²) in [6.07, 6.45) is 0. The summed E-state index contributed by atoms with van der Waals surface area (Å²) in [6, 6.07) is 21.8. The second-order valence-corrected chi connectivity index (χ2v) is 5.88. The van der Waals surface area contributed by atoms with Crippen LogP contribution >= 0.6 is 0 Å². The van der Waals surface area contributed by atoms with E-state index in [1.165, 1.54) is 0 Å². The van der Waals surface area contributed by atoms with E-state index < -0.39 is 0 Å². The molecule has 0 amide bonds. The third-order valence-electron chi connectivity index (χ3n) is 4.31. The second kappa shape index (κ2) is 5.35. The predicted octanol–water partition coefficient (Wildman–Crippen LogP) is 4.48. The fraction of sp³-hybridized carbons (Fsp3) is 0. The Morgan fingerprint density at radius 1 is 0.667 bits per heavy atom. The van der Waals surface area contributed by atoms with Gasteiger partial charge in [0.05, 0.1) is 11.4 Å². The van der Waals surface area contributed by atoms with Gasteiger partial charge in [0.25, 0.3) is 0 Å². The molecular formula is C20H18N4. The van der Waals surface area contributed by atoms with Crippen molar-refractivity contribution >= 4 is 50.0 Å². The van der Waals surface area contributed by atoms with Gasteiger partial charge < -0.3 is 22.5 Å². The average Bonchev–Trinajstić information content (AvgIpc) is 2.58. The van der Waals surface area contributed by atoms with Crippen molar-refractivity contribution in [3.05, 3.63) is 66.7 Å². The third kappa shape index (κ3) is 2.25. The Morgan fingerprint density at radius 2 is 1.38 bits per heavy atom. The van der Waals surface area contributed by atoms with E-state index in [9.17, 15) is 0 Å². The van der Waals surface area contributed by atoms with E-state index in [-0.39, 0.29) is 0 Å². The number of anilines is 5. The zero-order valence-electron chi connectivity index (χ0n) is 13.1. The van der Waals surface area contributed by atoms with E-state index >= 15 is 0 Å². The lowest BCUT2D eigenvalue weighted by molar-refractivity contribution is 1.58. The van der Waals surface area contributed by atoms with Crippen LogP contribution < -0.4 is 22.5 Å². The highest BCUT2D eigenvalue weighted by molar-refractivity contribution is 6.06. The summed E-state index contributed by atoms with van der Waals surface area (Å²) < 4.78 is 0. The van der Waals surface area contributed by atoms with Crippen LogP contribution in [0.1, 0.15) is 0 Å². The Kier molecular flexibility index (Phi) is 3.17. The molecule has 0 saturated heterocycles. The number of hydrogen-bond acceptors (Lipinski definition) is 4. The van der Waals surface area contributed by atoms with Gasteiger partial charge in [-0.3, -0.25) is 0 Å². The highest BCUT2D eigenvalue weighted by atomic mass is 14.9. The van der Waals surface area contributed by atoms with Crippen molar-refractivity contribution in [1.82, 2.24) is 0 Å². The van der Waals surface area contributed by atoms with E-state index in [2.05, 4.69) is 5.32 Å². The molecule has 0 unspecified atom stereocenters. The van der Waals surface area contributed by atoms with Crippen molar-refractivity contribution < 1.29 is 0 Å². The lowest BCUT2D eigenvalue weighted by atomic mass is 10.0. The first-order valence-electron chi connectivity index (χ1n) is 7.75. The maximum absolute atomic E-state index is 6.34. The van der Waals surface area contributed by atoms with Crippen LogP contribution in [0.2, 0.25) is 0 Å². The van der Waals surface area contributed by atoms with E-state index in [0.717, 1.165) is 38.6 Å². The van der Waals surface area contributed by atoms with Crippen molar-refractivity contribution in [3.63, 3.8) is 0 Å². The van der Waals surface area contributed by atoms with Crippen LogP contribution in [-0.4, -0.2) is 0 Å². The van der Waals surface area contributed by atoms with Gasteiger partial charge >= 0.3 is 0 Å². The maximum atomic E-state index is 6.34. The SMILES string of the molecule is Nc1cccc2ccc(Nc3ccc4cccc(N)c4c3N)cc12. The summed E-state index contributed by atoms with van der Waals surface area (Å²) >= 11 is 0. The molecule has 0 aliphatic heterocycles. The van der Waals surface area contributed by atoms with E-state index in [1.807, 2.05) is 66.7 Å². The molecule has 4 rings (SSSR count). The fourth-order valence-corrected chi connectivity index (χ4v) is 3.08. The molecule has 0 aliphatic rings. The average molecular weight is 314 g/mol. The normalized spacial score (nSPS) is 11.0. The summed E-state index contributed by atoms with van der Waals surface area (Å²) in [6.45, 7) is 0. The van der Waals surface area contributed by atoms with Crippen LogP contribution in [0.4, 0.5) is 28.4 Å². The van der Waals surface area contributed by atoms with Crippen molar-refractivity contribution in [3.8, 4) is 0 Å². The second-order valence-electron chi connectivity index (χ2n) is 5.88. The molecule has 4 heteroatoms. The van der Waals surface area contributed by atoms with Crippen molar-refractivity contribution in [2.45, 2.75) is 0 Å². The molecule has 0 radical (unpaired) electrons. The fourth-order valence-electron chi connectivity index (χ4n) is 3.08. The molecule has 0 heterocycles. The number of nitrogens with two attached hydrogens (primary N) is 3. The van der Waals surface area contributed by atoms with Gasteiger partial charge in [-0.1, -0.05) is 36.4 Å². The predicted molar refractivity (Wildman–Crippen MR) is 104 cm³/mol. The summed E-state index contributed by atoms with van der Waals surface area (Å²) in [5.74, 6) is 0. The Morgan fingerprint density at radius 3 is 2.21 bits per heavy atom. The highest BCUT2D eigenvalue weighted by Crippen LogP contribution is 2.35. The largest absolute Gasteiger partial charge is 0.398 e. The van der Waals surface area contributed by atoms with Crippen LogP contribution in [0, 0.1) is 0 Å². The molecule has 24 heavy (non-hydrogen) atoms. The first-order valence-corrected chi connectivity index (χ1v) is 7.75. The Balaban J connectivity index is 1.81. The Labute approximate surface area is 139 Å². The zero-order chi connectivity index (χ0) is 16.7. The van der Waals surface area contributed by atoms with Gasteiger partial charge in [0.15, 0.2) is 0 Å². The Hall–Kier alpha value is -3.40. The van der Waals surface area contributed by atoms with Crippen molar-refractivity contribution in [2.24, 2.45) is 0 Å². The highest BCUT2D eigenvalue weighted by Gasteiger charge is 2.08. The standard InChI is InChI=1S/C20H18N4/c21-16-5-1-3-12-7-9-14(11-15(12)16)24-18-10-8-13-4-2-6-17(22)19(13)20(18)23/h1-11,24H,21-23H2. The summed E-state index contributed by atoms with van der Waals surface area (Å²) in [5, 5.41) is 7.40. The van der Waals surface area contributed by atoms with Gasteiger partial charge in [-0.25, -0.2) is 0 Å².